The second kappa shape index (κ2) is 6.77. The van der Waals surface area contributed by atoms with Crippen LogP contribution in [0.15, 0.2) is 18.2 Å². The minimum absolute atomic E-state index is 0.0596. The van der Waals surface area contributed by atoms with Gasteiger partial charge in [0.05, 0.1) is 21.4 Å². The summed E-state index contributed by atoms with van der Waals surface area (Å²) in [6.07, 6.45) is 0.630. The fraction of sp³-hybridized carbons (Fsp3) is 0.400. The van der Waals surface area contributed by atoms with E-state index in [2.05, 4.69) is 10.4 Å². The molecule has 0 aliphatic carbocycles. The fourth-order valence-electron chi connectivity index (χ4n) is 2.37. The number of likely N-dealkylation sites (N-methyl/N-ethyl adjacent to an activating group) is 1. The maximum Gasteiger partial charge on any atom is 0.142 e. The number of rotatable bonds is 5. The summed E-state index contributed by atoms with van der Waals surface area (Å²) >= 11 is 12.1. The van der Waals surface area contributed by atoms with E-state index < -0.39 is 5.82 Å². The molecule has 1 heterocycles. The number of nitrogens with zero attached hydrogens (tertiary/aromatic N) is 2. The zero-order chi connectivity index (χ0) is 15.6. The van der Waals surface area contributed by atoms with Crippen LogP contribution in [0.5, 0.6) is 0 Å². The summed E-state index contributed by atoms with van der Waals surface area (Å²) in [5.74, 6) is -0.416. The molecule has 0 amide bonds. The third-order valence-corrected chi connectivity index (χ3v) is 4.34. The van der Waals surface area contributed by atoms with Crippen molar-refractivity contribution in [3.8, 4) is 0 Å². The van der Waals surface area contributed by atoms with Gasteiger partial charge in [0.1, 0.15) is 5.82 Å². The number of hydrogen-bond acceptors (Lipinski definition) is 2. The Morgan fingerprint density at radius 2 is 2.10 bits per heavy atom. The minimum Gasteiger partial charge on any atom is -0.313 e. The van der Waals surface area contributed by atoms with Gasteiger partial charge in [0.2, 0.25) is 0 Å². The van der Waals surface area contributed by atoms with Crippen LogP contribution in [0.2, 0.25) is 10.0 Å². The SMILES string of the molecule is CCn1nc(C)c(Cl)c1CC(NC)c1ccc(Cl)c(F)c1. The van der Waals surface area contributed by atoms with Gasteiger partial charge in [0, 0.05) is 19.0 Å². The molecule has 6 heteroatoms. The lowest BCUT2D eigenvalue weighted by molar-refractivity contribution is 0.536. The summed E-state index contributed by atoms with van der Waals surface area (Å²) in [6.45, 7) is 4.64. The summed E-state index contributed by atoms with van der Waals surface area (Å²) in [5.41, 5.74) is 2.59. The first-order valence-corrected chi connectivity index (χ1v) is 7.57. The first-order valence-electron chi connectivity index (χ1n) is 6.81. The van der Waals surface area contributed by atoms with E-state index in [1.165, 1.54) is 6.07 Å². The van der Waals surface area contributed by atoms with E-state index in [0.29, 0.717) is 11.4 Å². The third-order valence-electron chi connectivity index (χ3n) is 3.54. The molecule has 1 unspecified atom stereocenters. The van der Waals surface area contributed by atoms with E-state index in [1.807, 2.05) is 31.6 Å². The van der Waals surface area contributed by atoms with Gasteiger partial charge in [-0.1, -0.05) is 29.3 Å². The highest BCUT2D eigenvalue weighted by atomic mass is 35.5. The summed E-state index contributed by atoms with van der Waals surface area (Å²) in [4.78, 5) is 0. The van der Waals surface area contributed by atoms with E-state index in [-0.39, 0.29) is 11.1 Å². The standard InChI is InChI=1S/C15H18Cl2FN3/c1-4-21-14(15(17)9(2)20-21)8-13(19-3)10-5-6-11(16)12(18)7-10/h5-7,13,19H,4,8H2,1-3H3. The van der Waals surface area contributed by atoms with Crippen LogP contribution in [-0.2, 0) is 13.0 Å². The zero-order valence-electron chi connectivity index (χ0n) is 12.3. The van der Waals surface area contributed by atoms with E-state index in [1.54, 1.807) is 6.07 Å². The summed E-state index contributed by atoms with van der Waals surface area (Å²) < 4.78 is 15.5. The topological polar surface area (TPSA) is 29.9 Å². The number of aromatic nitrogens is 2. The molecule has 114 valence electrons. The van der Waals surface area contributed by atoms with Gasteiger partial charge in [-0.2, -0.15) is 5.10 Å². The lowest BCUT2D eigenvalue weighted by Gasteiger charge is -2.18. The molecule has 0 spiro atoms. The largest absolute Gasteiger partial charge is 0.313 e. The van der Waals surface area contributed by atoms with Crippen molar-refractivity contribution in [1.29, 1.82) is 0 Å². The van der Waals surface area contributed by atoms with Crippen LogP contribution in [0.25, 0.3) is 0 Å². The Balaban J connectivity index is 2.33. The molecule has 0 bridgehead atoms. The molecule has 2 aromatic rings. The Kier molecular flexibility index (Phi) is 5.25. The number of nitrogens with one attached hydrogen (secondary N) is 1. The van der Waals surface area contributed by atoms with Crippen LogP contribution in [0.3, 0.4) is 0 Å². The van der Waals surface area contributed by atoms with Crippen LogP contribution in [0.1, 0.15) is 29.9 Å². The molecule has 1 aromatic heterocycles. The Morgan fingerprint density at radius 3 is 2.67 bits per heavy atom. The fourth-order valence-corrected chi connectivity index (χ4v) is 2.70. The Labute approximate surface area is 134 Å². The smallest absolute Gasteiger partial charge is 0.142 e. The van der Waals surface area contributed by atoms with Crippen molar-refractivity contribution < 1.29 is 4.39 Å². The molecule has 0 saturated heterocycles. The van der Waals surface area contributed by atoms with Gasteiger partial charge in [-0.05, 0) is 38.6 Å². The monoisotopic (exact) mass is 329 g/mol. The van der Waals surface area contributed by atoms with E-state index in [9.17, 15) is 4.39 Å². The number of halogens is 3. The van der Waals surface area contributed by atoms with Crippen LogP contribution in [0.4, 0.5) is 4.39 Å². The molecule has 0 fully saturated rings. The highest BCUT2D eigenvalue weighted by Gasteiger charge is 2.19. The average molecular weight is 330 g/mol. The van der Waals surface area contributed by atoms with Crippen LogP contribution in [0, 0.1) is 12.7 Å². The van der Waals surface area contributed by atoms with Crippen LogP contribution >= 0.6 is 23.2 Å². The molecular weight excluding hydrogens is 312 g/mol. The van der Waals surface area contributed by atoms with Crippen molar-refractivity contribution in [1.82, 2.24) is 15.1 Å². The lowest BCUT2D eigenvalue weighted by Crippen LogP contribution is -2.21. The summed E-state index contributed by atoms with van der Waals surface area (Å²) in [5, 5.41) is 8.39. The molecule has 0 aliphatic rings. The molecule has 1 atom stereocenters. The zero-order valence-corrected chi connectivity index (χ0v) is 13.8. The number of benzene rings is 1. The van der Waals surface area contributed by atoms with Crippen LogP contribution < -0.4 is 5.32 Å². The van der Waals surface area contributed by atoms with Crippen molar-refractivity contribution >= 4 is 23.2 Å². The first kappa shape index (κ1) is 16.3. The van der Waals surface area contributed by atoms with Gasteiger partial charge in [-0.25, -0.2) is 4.39 Å². The predicted octanol–water partition coefficient (Wildman–Crippen LogP) is 4.16. The second-order valence-electron chi connectivity index (χ2n) is 4.88. The molecule has 2 rings (SSSR count). The average Bonchev–Trinajstić information content (AvgIpc) is 2.75. The summed E-state index contributed by atoms with van der Waals surface area (Å²) in [7, 11) is 1.84. The second-order valence-corrected chi connectivity index (χ2v) is 5.67. The molecule has 0 saturated carbocycles. The van der Waals surface area contributed by atoms with E-state index >= 15 is 0 Å². The maximum absolute atomic E-state index is 13.6. The quantitative estimate of drug-likeness (QED) is 0.892. The molecule has 0 radical (unpaired) electrons. The normalized spacial score (nSPS) is 12.7. The van der Waals surface area contributed by atoms with Crippen molar-refractivity contribution in [3.63, 3.8) is 0 Å². The van der Waals surface area contributed by atoms with Crippen LogP contribution in [-0.4, -0.2) is 16.8 Å². The highest BCUT2D eigenvalue weighted by Crippen LogP contribution is 2.27. The maximum atomic E-state index is 13.6. The van der Waals surface area contributed by atoms with Crippen molar-refractivity contribution in [3.05, 3.63) is 51.0 Å². The van der Waals surface area contributed by atoms with Crippen molar-refractivity contribution in [2.24, 2.45) is 0 Å². The van der Waals surface area contributed by atoms with Gasteiger partial charge < -0.3 is 5.32 Å². The van der Waals surface area contributed by atoms with Crippen molar-refractivity contribution in [2.75, 3.05) is 7.05 Å². The van der Waals surface area contributed by atoms with Gasteiger partial charge >= 0.3 is 0 Å². The minimum atomic E-state index is -0.416. The number of hydrogen-bond donors (Lipinski definition) is 1. The molecule has 1 N–H and O–H groups in total. The molecule has 1 aromatic carbocycles. The molecule has 0 aliphatic heterocycles. The van der Waals surface area contributed by atoms with Gasteiger partial charge in [-0.15, -0.1) is 0 Å². The molecule has 3 nitrogen and oxygen atoms in total. The molecule has 21 heavy (non-hydrogen) atoms. The number of aryl methyl sites for hydroxylation is 2. The lowest BCUT2D eigenvalue weighted by atomic mass is 10.0. The molecular formula is C15H18Cl2FN3. The predicted molar refractivity (Wildman–Crippen MR) is 84.6 cm³/mol. The first-order chi connectivity index (χ1) is 9.97. The van der Waals surface area contributed by atoms with E-state index in [4.69, 9.17) is 23.2 Å². The Morgan fingerprint density at radius 1 is 1.38 bits per heavy atom. The third kappa shape index (κ3) is 3.39. The Hall–Kier alpha value is -1.10. The van der Waals surface area contributed by atoms with Crippen molar-refractivity contribution in [2.45, 2.75) is 32.9 Å². The highest BCUT2D eigenvalue weighted by molar-refractivity contribution is 6.32. The van der Waals surface area contributed by atoms with Gasteiger partial charge in [-0.3, -0.25) is 4.68 Å². The summed E-state index contributed by atoms with van der Waals surface area (Å²) in [6, 6.07) is 4.79. The van der Waals surface area contributed by atoms with Gasteiger partial charge in [0.25, 0.3) is 0 Å². The van der Waals surface area contributed by atoms with Gasteiger partial charge in [0.15, 0.2) is 0 Å². The Bertz CT molecular complexity index is 640. The van der Waals surface area contributed by atoms with E-state index in [0.717, 1.165) is 23.5 Å².